The van der Waals surface area contributed by atoms with E-state index in [1.807, 2.05) is 0 Å². The first-order chi connectivity index (χ1) is 8.56. The first-order valence-electron chi connectivity index (χ1n) is 5.19. The van der Waals surface area contributed by atoms with E-state index in [0.29, 0.717) is 16.5 Å². The van der Waals surface area contributed by atoms with E-state index in [4.69, 9.17) is 21.4 Å². The summed E-state index contributed by atoms with van der Waals surface area (Å²) in [6, 6.07) is 8.27. The van der Waals surface area contributed by atoms with Crippen molar-refractivity contribution in [2.45, 2.75) is 6.92 Å². The van der Waals surface area contributed by atoms with Crippen molar-refractivity contribution in [2.24, 2.45) is 0 Å². The van der Waals surface area contributed by atoms with Gasteiger partial charge in [-0.05, 0) is 31.2 Å². The summed E-state index contributed by atoms with van der Waals surface area (Å²) in [5.74, 6) is -0.295. The lowest BCUT2D eigenvalue weighted by molar-refractivity contribution is 0.0693. The van der Waals surface area contributed by atoms with Crippen molar-refractivity contribution < 1.29 is 14.6 Å². The molecule has 92 valence electrons. The van der Waals surface area contributed by atoms with Crippen molar-refractivity contribution >= 4 is 17.6 Å². The number of carboxylic acids is 1. The number of nitrogens with zero attached hydrogens (tertiary/aromatic N) is 1. The maximum absolute atomic E-state index is 11.0. The summed E-state index contributed by atoms with van der Waals surface area (Å²) in [5, 5.41) is 9.63. The maximum Gasteiger partial charge on any atom is 0.341 e. The third-order valence-electron chi connectivity index (χ3n) is 2.27. The molecule has 0 amide bonds. The molecule has 2 rings (SSSR count). The van der Waals surface area contributed by atoms with Crippen LogP contribution in [0.15, 0.2) is 36.5 Å². The van der Waals surface area contributed by atoms with Gasteiger partial charge >= 0.3 is 5.97 Å². The van der Waals surface area contributed by atoms with Gasteiger partial charge in [0.1, 0.15) is 17.1 Å². The SMILES string of the molecule is Cc1cc(Oc2ccc(Cl)cc2)c(C(=O)O)cn1. The molecule has 18 heavy (non-hydrogen) atoms. The predicted molar refractivity (Wildman–Crippen MR) is 67.5 cm³/mol. The Morgan fingerprint density at radius 1 is 1.33 bits per heavy atom. The normalized spacial score (nSPS) is 10.1. The molecule has 0 fully saturated rings. The average molecular weight is 264 g/mol. The summed E-state index contributed by atoms with van der Waals surface area (Å²) in [7, 11) is 0. The number of aromatic nitrogens is 1. The van der Waals surface area contributed by atoms with Crippen molar-refractivity contribution in [2.75, 3.05) is 0 Å². The second-order valence-electron chi connectivity index (χ2n) is 3.68. The van der Waals surface area contributed by atoms with Crippen LogP contribution in [0.2, 0.25) is 5.02 Å². The zero-order chi connectivity index (χ0) is 13.1. The maximum atomic E-state index is 11.0. The number of hydrogen-bond acceptors (Lipinski definition) is 3. The Kier molecular flexibility index (Phi) is 3.48. The highest BCUT2D eigenvalue weighted by atomic mass is 35.5. The van der Waals surface area contributed by atoms with E-state index in [2.05, 4.69) is 4.98 Å². The quantitative estimate of drug-likeness (QED) is 0.920. The molecule has 0 atom stereocenters. The smallest absolute Gasteiger partial charge is 0.341 e. The fourth-order valence-electron chi connectivity index (χ4n) is 1.41. The summed E-state index contributed by atoms with van der Waals surface area (Å²) < 4.78 is 5.53. The molecule has 0 saturated heterocycles. The molecular formula is C13H10ClNO3. The molecule has 0 aliphatic heterocycles. The van der Waals surface area contributed by atoms with Crippen LogP contribution in [0, 0.1) is 6.92 Å². The first-order valence-corrected chi connectivity index (χ1v) is 5.57. The molecule has 1 N–H and O–H groups in total. The van der Waals surface area contributed by atoms with Gasteiger partial charge in [0.05, 0.1) is 0 Å². The number of carboxylic acid groups (broad SMARTS) is 1. The number of carbonyl (C=O) groups is 1. The fraction of sp³-hybridized carbons (Fsp3) is 0.0769. The molecule has 0 spiro atoms. The number of benzene rings is 1. The molecule has 5 heteroatoms. The number of aromatic carboxylic acids is 1. The Bertz CT molecular complexity index is 581. The Balaban J connectivity index is 2.35. The second kappa shape index (κ2) is 5.06. The van der Waals surface area contributed by atoms with Crippen LogP contribution in [0.1, 0.15) is 16.1 Å². The lowest BCUT2D eigenvalue weighted by atomic mass is 10.2. The van der Waals surface area contributed by atoms with Crippen LogP contribution in [0.3, 0.4) is 0 Å². The van der Waals surface area contributed by atoms with Gasteiger partial charge in [0.2, 0.25) is 0 Å². The highest BCUT2D eigenvalue weighted by Gasteiger charge is 2.13. The van der Waals surface area contributed by atoms with Gasteiger partial charge in [-0.2, -0.15) is 0 Å². The van der Waals surface area contributed by atoms with Crippen LogP contribution in [0.25, 0.3) is 0 Å². The molecular weight excluding hydrogens is 254 g/mol. The minimum absolute atomic E-state index is 0.0237. The summed E-state index contributed by atoms with van der Waals surface area (Å²) in [6.45, 7) is 1.76. The Labute approximate surface area is 109 Å². The van der Waals surface area contributed by atoms with Crippen LogP contribution in [0.4, 0.5) is 0 Å². The van der Waals surface area contributed by atoms with Gasteiger partial charge in [-0.25, -0.2) is 4.79 Å². The first kappa shape index (κ1) is 12.4. The van der Waals surface area contributed by atoms with E-state index in [1.54, 1.807) is 37.3 Å². The highest BCUT2D eigenvalue weighted by Crippen LogP contribution is 2.26. The number of halogens is 1. The largest absolute Gasteiger partial charge is 0.477 e. The Hall–Kier alpha value is -2.07. The van der Waals surface area contributed by atoms with E-state index >= 15 is 0 Å². The van der Waals surface area contributed by atoms with E-state index in [-0.39, 0.29) is 11.3 Å². The average Bonchev–Trinajstić information content (AvgIpc) is 2.32. The predicted octanol–water partition coefficient (Wildman–Crippen LogP) is 3.53. The molecule has 1 aromatic carbocycles. The standard InChI is InChI=1S/C13H10ClNO3/c1-8-6-12(11(7-15-8)13(16)17)18-10-4-2-9(14)3-5-10/h2-7H,1H3,(H,16,17). The molecule has 0 aliphatic rings. The molecule has 0 saturated carbocycles. The molecule has 1 aromatic heterocycles. The fourth-order valence-corrected chi connectivity index (χ4v) is 1.54. The van der Waals surface area contributed by atoms with Crippen LogP contribution < -0.4 is 4.74 Å². The van der Waals surface area contributed by atoms with Gasteiger partial charge < -0.3 is 9.84 Å². The Morgan fingerprint density at radius 3 is 2.61 bits per heavy atom. The summed E-state index contributed by atoms with van der Waals surface area (Å²) in [4.78, 5) is 15.0. The van der Waals surface area contributed by atoms with Crippen molar-refractivity contribution in [3.8, 4) is 11.5 Å². The van der Waals surface area contributed by atoms with Crippen molar-refractivity contribution in [3.63, 3.8) is 0 Å². The summed E-state index contributed by atoms with van der Waals surface area (Å²) in [5.41, 5.74) is 0.708. The topological polar surface area (TPSA) is 59.4 Å². The molecule has 0 radical (unpaired) electrons. The van der Waals surface area contributed by atoms with Gasteiger partial charge in [0.15, 0.2) is 0 Å². The lowest BCUT2D eigenvalue weighted by Crippen LogP contribution is -2.01. The third-order valence-corrected chi connectivity index (χ3v) is 2.53. The van der Waals surface area contributed by atoms with Gasteiger partial charge in [0, 0.05) is 23.0 Å². The number of rotatable bonds is 3. The van der Waals surface area contributed by atoms with Gasteiger partial charge in [-0.1, -0.05) is 11.6 Å². The molecule has 4 nitrogen and oxygen atoms in total. The van der Waals surface area contributed by atoms with E-state index < -0.39 is 5.97 Å². The van der Waals surface area contributed by atoms with Crippen molar-refractivity contribution in [1.29, 1.82) is 0 Å². The zero-order valence-electron chi connectivity index (χ0n) is 9.55. The monoisotopic (exact) mass is 263 g/mol. The number of ether oxygens (including phenoxy) is 1. The number of hydrogen-bond donors (Lipinski definition) is 1. The minimum Gasteiger partial charge on any atom is -0.477 e. The lowest BCUT2D eigenvalue weighted by Gasteiger charge is -2.09. The molecule has 0 bridgehead atoms. The van der Waals surface area contributed by atoms with Crippen molar-refractivity contribution in [1.82, 2.24) is 4.98 Å². The van der Waals surface area contributed by atoms with Crippen molar-refractivity contribution in [3.05, 3.63) is 52.8 Å². The van der Waals surface area contributed by atoms with E-state index in [0.717, 1.165) is 0 Å². The molecule has 0 unspecified atom stereocenters. The summed E-state index contributed by atoms with van der Waals surface area (Å²) in [6.07, 6.45) is 1.28. The van der Waals surface area contributed by atoms with Gasteiger partial charge in [-0.3, -0.25) is 4.98 Å². The van der Waals surface area contributed by atoms with Crippen LogP contribution in [-0.4, -0.2) is 16.1 Å². The van der Waals surface area contributed by atoms with Gasteiger partial charge in [-0.15, -0.1) is 0 Å². The van der Waals surface area contributed by atoms with Crippen LogP contribution in [0.5, 0.6) is 11.5 Å². The Morgan fingerprint density at radius 2 is 2.00 bits per heavy atom. The molecule has 2 aromatic rings. The van der Waals surface area contributed by atoms with E-state index in [9.17, 15) is 4.79 Å². The van der Waals surface area contributed by atoms with E-state index in [1.165, 1.54) is 6.20 Å². The van der Waals surface area contributed by atoms with Crippen LogP contribution >= 0.6 is 11.6 Å². The third kappa shape index (κ3) is 2.78. The highest BCUT2D eigenvalue weighted by molar-refractivity contribution is 6.30. The zero-order valence-corrected chi connectivity index (χ0v) is 10.3. The number of pyridine rings is 1. The summed E-state index contributed by atoms with van der Waals surface area (Å²) >= 11 is 5.76. The molecule has 0 aliphatic carbocycles. The minimum atomic E-state index is -1.08. The van der Waals surface area contributed by atoms with Gasteiger partial charge in [0.25, 0.3) is 0 Å². The number of aryl methyl sites for hydroxylation is 1. The molecule has 1 heterocycles. The second-order valence-corrected chi connectivity index (χ2v) is 4.12. The van der Waals surface area contributed by atoms with Crippen LogP contribution in [-0.2, 0) is 0 Å².